The largest absolute Gasteiger partial charge is 0.316 e. The van der Waals surface area contributed by atoms with Gasteiger partial charge in [-0.15, -0.1) is 0 Å². The van der Waals surface area contributed by atoms with Crippen molar-refractivity contribution in [1.82, 2.24) is 10.2 Å². The van der Waals surface area contributed by atoms with E-state index in [9.17, 15) is 0 Å². The third-order valence-corrected chi connectivity index (χ3v) is 5.95. The molecule has 2 aliphatic heterocycles. The van der Waals surface area contributed by atoms with Gasteiger partial charge in [-0.25, -0.2) is 0 Å². The normalized spacial score (nSPS) is 45.0. The Morgan fingerprint density at radius 1 is 1.18 bits per heavy atom. The SMILES string of the molecule is CC(C)C1CC(N2CC3CNCC3C2(C)C)C1. The summed E-state index contributed by atoms with van der Waals surface area (Å²) in [6.07, 6.45) is 2.90. The molecule has 0 bridgehead atoms. The average Bonchev–Trinajstić information content (AvgIpc) is 2.68. The molecular formula is C15H28N2. The first-order valence-electron chi connectivity index (χ1n) is 7.47. The van der Waals surface area contributed by atoms with Crippen LogP contribution in [-0.2, 0) is 0 Å². The van der Waals surface area contributed by atoms with E-state index in [0.29, 0.717) is 5.54 Å². The Labute approximate surface area is 106 Å². The third kappa shape index (κ3) is 1.76. The lowest BCUT2D eigenvalue weighted by Crippen LogP contribution is -2.54. The Balaban J connectivity index is 1.66. The molecule has 0 aromatic rings. The lowest BCUT2D eigenvalue weighted by atomic mass is 9.72. The first-order valence-corrected chi connectivity index (χ1v) is 7.47. The first-order chi connectivity index (χ1) is 8.00. The molecule has 2 heteroatoms. The van der Waals surface area contributed by atoms with Crippen LogP contribution in [0.3, 0.4) is 0 Å². The van der Waals surface area contributed by atoms with Crippen LogP contribution in [0.5, 0.6) is 0 Å². The summed E-state index contributed by atoms with van der Waals surface area (Å²) in [5.41, 5.74) is 0.431. The Hall–Kier alpha value is -0.0800. The fourth-order valence-electron chi connectivity index (χ4n) is 4.50. The maximum absolute atomic E-state index is 3.58. The molecule has 0 aromatic carbocycles. The fraction of sp³-hybridized carbons (Fsp3) is 1.00. The zero-order valence-corrected chi connectivity index (χ0v) is 11.9. The Bertz CT molecular complexity index is 291. The van der Waals surface area contributed by atoms with Crippen molar-refractivity contribution in [2.75, 3.05) is 19.6 Å². The summed E-state index contributed by atoms with van der Waals surface area (Å²) in [4.78, 5) is 2.85. The van der Waals surface area contributed by atoms with Crippen LogP contribution in [0.25, 0.3) is 0 Å². The molecule has 1 N–H and O–H groups in total. The van der Waals surface area contributed by atoms with Crippen molar-refractivity contribution in [2.24, 2.45) is 23.7 Å². The molecule has 2 nitrogen and oxygen atoms in total. The molecule has 3 rings (SSSR count). The van der Waals surface area contributed by atoms with Crippen molar-refractivity contribution in [3.05, 3.63) is 0 Å². The standard InChI is InChI=1S/C15H28N2/c1-10(2)11-5-13(6-11)17-9-12-7-16-8-14(12)15(17,3)4/h10-14,16H,5-9H2,1-4H3. The van der Waals surface area contributed by atoms with Gasteiger partial charge in [0, 0.05) is 24.7 Å². The van der Waals surface area contributed by atoms with Crippen LogP contribution in [0.2, 0.25) is 0 Å². The highest BCUT2D eigenvalue weighted by molar-refractivity contribution is 5.08. The Morgan fingerprint density at radius 3 is 2.47 bits per heavy atom. The van der Waals surface area contributed by atoms with E-state index >= 15 is 0 Å². The molecule has 0 spiro atoms. The van der Waals surface area contributed by atoms with Crippen molar-refractivity contribution in [3.8, 4) is 0 Å². The summed E-state index contributed by atoms with van der Waals surface area (Å²) in [6.45, 7) is 13.6. The second-order valence-corrected chi connectivity index (χ2v) is 7.46. The second-order valence-electron chi connectivity index (χ2n) is 7.46. The summed E-state index contributed by atoms with van der Waals surface area (Å²) in [7, 11) is 0. The van der Waals surface area contributed by atoms with Gasteiger partial charge in [-0.2, -0.15) is 0 Å². The van der Waals surface area contributed by atoms with Crippen LogP contribution in [0, 0.1) is 23.7 Å². The van der Waals surface area contributed by atoms with Crippen LogP contribution in [-0.4, -0.2) is 36.1 Å². The maximum Gasteiger partial charge on any atom is 0.0200 e. The first kappa shape index (κ1) is 12.0. The van der Waals surface area contributed by atoms with E-state index in [4.69, 9.17) is 0 Å². The average molecular weight is 236 g/mol. The van der Waals surface area contributed by atoms with Crippen molar-refractivity contribution < 1.29 is 0 Å². The molecule has 1 saturated carbocycles. The number of hydrogen-bond donors (Lipinski definition) is 1. The van der Waals surface area contributed by atoms with E-state index in [2.05, 4.69) is 37.9 Å². The highest BCUT2D eigenvalue weighted by Gasteiger charge is 2.53. The minimum absolute atomic E-state index is 0.431. The van der Waals surface area contributed by atoms with Crippen molar-refractivity contribution in [3.63, 3.8) is 0 Å². The van der Waals surface area contributed by atoms with Gasteiger partial charge in [-0.3, -0.25) is 4.90 Å². The van der Waals surface area contributed by atoms with Gasteiger partial charge in [0.1, 0.15) is 0 Å². The highest BCUT2D eigenvalue weighted by Crippen LogP contribution is 2.47. The van der Waals surface area contributed by atoms with Crippen molar-refractivity contribution >= 4 is 0 Å². The monoisotopic (exact) mass is 236 g/mol. The van der Waals surface area contributed by atoms with Gasteiger partial charge >= 0.3 is 0 Å². The number of nitrogens with one attached hydrogen (secondary N) is 1. The molecule has 17 heavy (non-hydrogen) atoms. The minimum Gasteiger partial charge on any atom is -0.316 e. The summed E-state index contributed by atoms with van der Waals surface area (Å²) in [6, 6.07) is 0.892. The minimum atomic E-state index is 0.431. The van der Waals surface area contributed by atoms with Gasteiger partial charge in [0.2, 0.25) is 0 Å². The van der Waals surface area contributed by atoms with Crippen molar-refractivity contribution in [1.29, 1.82) is 0 Å². The smallest absolute Gasteiger partial charge is 0.0200 e. The molecule has 3 aliphatic rings. The van der Waals surface area contributed by atoms with E-state index in [1.54, 1.807) is 0 Å². The predicted octanol–water partition coefficient (Wildman–Crippen LogP) is 2.35. The van der Waals surface area contributed by atoms with Gasteiger partial charge < -0.3 is 5.32 Å². The molecule has 1 aliphatic carbocycles. The molecule has 98 valence electrons. The van der Waals surface area contributed by atoms with Crippen LogP contribution < -0.4 is 5.32 Å². The molecule has 2 heterocycles. The summed E-state index contributed by atoms with van der Waals surface area (Å²) >= 11 is 0. The predicted molar refractivity (Wildman–Crippen MR) is 72.0 cm³/mol. The fourth-order valence-corrected chi connectivity index (χ4v) is 4.50. The van der Waals surface area contributed by atoms with Crippen molar-refractivity contribution in [2.45, 2.75) is 52.1 Å². The molecule has 0 radical (unpaired) electrons. The summed E-state index contributed by atoms with van der Waals surface area (Å²) in [5.74, 6) is 3.69. The molecule has 0 aromatic heterocycles. The number of nitrogens with zero attached hydrogens (tertiary/aromatic N) is 1. The van der Waals surface area contributed by atoms with E-state index in [1.165, 1.54) is 32.5 Å². The van der Waals surface area contributed by atoms with Gasteiger partial charge in [0.15, 0.2) is 0 Å². The molecule has 0 amide bonds. The van der Waals surface area contributed by atoms with E-state index in [-0.39, 0.29) is 0 Å². The molecular weight excluding hydrogens is 208 g/mol. The maximum atomic E-state index is 3.58. The molecule has 3 fully saturated rings. The number of likely N-dealkylation sites (tertiary alicyclic amines) is 1. The number of rotatable bonds is 2. The third-order valence-electron chi connectivity index (χ3n) is 5.95. The van der Waals surface area contributed by atoms with E-state index in [0.717, 1.165) is 29.7 Å². The molecule has 2 atom stereocenters. The van der Waals surface area contributed by atoms with Gasteiger partial charge in [-0.05, 0) is 56.9 Å². The highest BCUT2D eigenvalue weighted by atomic mass is 15.3. The quantitative estimate of drug-likeness (QED) is 0.792. The topological polar surface area (TPSA) is 15.3 Å². The van der Waals surface area contributed by atoms with E-state index < -0.39 is 0 Å². The second kappa shape index (κ2) is 3.96. The van der Waals surface area contributed by atoms with Gasteiger partial charge in [0.05, 0.1) is 0 Å². The zero-order chi connectivity index (χ0) is 12.2. The Morgan fingerprint density at radius 2 is 1.88 bits per heavy atom. The molecule has 2 unspecified atom stereocenters. The number of fused-ring (bicyclic) bond motifs is 1. The lowest BCUT2D eigenvalue weighted by Gasteiger charge is -2.49. The zero-order valence-electron chi connectivity index (χ0n) is 11.9. The number of hydrogen-bond acceptors (Lipinski definition) is 2. The van der Waals surface area contributed by atoms with Crippen LogP contribution in [0.4, 0.5) is 0 Å². The summed E-state index contributed by atoms with van der Waals surface area (Å²) in [5, 5.41) is 3.58. The Kier molecular flexibility index (Phi) is 2.79. The summed E-state index contributed by atoms with van der Waals surface area (Å²) < 4.78 is 0. The van der Waals surface area contributed by atoms with Crippen LogP contribution >= 0.6 is 0 Å². The lowest BCUT2D eigenvalue weighted by molar-refractivity contribution is 0.00370. The van der Waals surface area contributed by atoms with Gasteiger partial charge in [-0.1, -0.05) is 13.8 Å². The van der Waals surface area contributed by atoms with Crippen LogP contribution in [0.1, 0.15) is 40.5 Å². The van der Waals surface area contributed by atoms with Gasteiger partial charge in [0.25, 0.3) is 0 Å². The van der Waals surface area contributed by atoms with E-state index in [1.807, 2.05) is 0 Å². The molecule has 2 saturated heterocycles. The van der Waals surface area contributed by atoms with Crippen LogP contribution in [0.15, 0.2) is 0 Å².